The number of amides is 1. The van der Waals surface area contributed by atoms with E-state index in [0.717, 1.165) is 42.7 Å². The average Bonchev–Trinajstić information content (AvgIpc) is 2.92. The second kappa shape index (κ2) is 12.6. The minimum Gasteiger partial charge on any atom is -0.337 e. The van der Waals surface area contributed by atoms with Crippen LogP contribution in [0.3, 0.4) is 0 Å². The van der Waals surface area contributed by atoms with Crippen molar-refractivity contribution < 1.29 is 13.6 Å². The number of hydrogen-bond donors (Lipinski definition) is 1. The number of amidine groups is 1. The van der Waals surface area contributed by atoms with Crippen molar-refractivity contribution in [3.8, 4) is 0 Å². The van der Waals surface area contributed by atoms with E-state index in [1.54, 1.807) is 13.0 Å². The van der Waals surface area contributed by atoms with E-state index in [4.69, 9.17) is 4.99 Å². The van der Waals surface area contributed by atoms with Crippen LogP contribution in [0.2, 0.25) is 0 Å². The van der Waals surface area contributed by atoms with Gasteiger partial charge in [0.05, 0.1) is 18.3 Å². The van der Waals surface area contributed by atoms with E-state index in [9.17, 15) is 13.6 Å². The van der Waals surface area contributed by atoms with Gasteiger partial charge in [-0.3, -0.25) is 10.1 Å². The predicted molar refractivity (Wildman–Crippen MR) is 158 cm³/mol. The number of alkyl halides is 2. The normalized spacial score (nSPS) is 19.1. The maximum Gasteiger partial charge on any atom is 0.300 e. The van der Waals surface area contributed by atoms with E-state index >= 15 is 0 Å². The first-order valence-corrected chi connectivity index (χ1v) is 13.6. The SMILES string of the molecule is C=C1C2=C(CN(C(C)=O)CC2)N=C(C)N1C(c1ccccc1)c1ccccc1.CC1=CCC(NC(C)(F)F)C=C1. The Morgan fingerprint density at radius 1 is 1.07 bits per heavy atom. The highest BCUT2D eigenvalue weighted by Gasteiger charge is 2.33. The molecule has 1 aliphatic carbocycles. The number of nitrogens with one attached hydrogen (secondary N) is 1. The molecular formula is C33H38F2N4O. The van der Waals surface area contributed by atoms with Crippen molar-refractivity contribution in [1.82, 2.24) is 15.1 Å². The summed E-state index contributed by atoms with van der Waals surface area (Å²) in [7, 11) is 0. The lowest BCUT2D eigenvalue weighted by Crippen LogP contribution is -2.42. The molecule has 0 bridgehead atoms. The number of aliphatic imine (C=N–C) groups is 1. The van der Waals surface area contributed by atoms with Gasteiger partial charge >= 0.3 is 0 Å². The highest BCUT2D eigenvalue weighted by molar-refractivity contribution is 5.86. The molecular weight excluding hydrogens is 506 g/mol. The van der Waals surface area contributed by atoms with Gasteiger partial charge in [0.25, 0.3) is 6.05 Å². The largest absolute Gasteiger partial charge is 0.337 e. The zero-order valence-corrected chi connectivity index (χ0v) is 23.7. The van der Waals surface area contributed by atoms with Crippen LogP contribution in [-0.2, 0) is 4.79 Å². The molecule has 0 aromatic heterocycles. The van der Waals surface area contributed by atoms with Crippen molar-refractivity contribution >= 4 is 11.7 Å². The lowest BCUT2D eigenvalue weighted by molar-refractivity contribution is -0.128. The summed E-state index contributed by atoms with van der Waals surface area (Å²) in [5, 5.41) is 2.21. The standard InChI is InChI=1S/C24H25N3O.C9H13F2N/c1-17-22-14-15-26(19(3)28)16-23(22)25-18(2)27(17)24(20-10-6-4-7-11-20)21-12-8-5-9-13-21;1-7-3-5-8(6-4-7)12-9(2,10)11/h4-13,24H,1,14-16H2,2-3H3;3-5,8,12H,6H2,1-2H3. The maximum atomic E-state index is 12.4. The molecule has 1 amide bonds. The van der Waals surface area contributed by atoms with E-state index in [2.05, 4.69) is 65.3 Å². The third-order valence-corrected chi connectivity index (χ3v) is 7.26. The van der Waals surface area contributed by atoms with Crippen LogP contribution >= 0.6 is 0 Å². The Labute approximate surface area is 236 Å². The van der Waals surface area contributed by atoms with Gasteiger partial charge in [-0.2, -0.15) is 8.78 Å². The molecule has 2 aliphatic heterocycles. The number of nitrogens with zero attached hydrogens (tertiary/aromatic N) is 3. The smallest absolute Gasteiger partial charge is 0.300 e. The first-order valence-electron chi connectivity index (χ1n) is 13.6. The van der Waals surface area contributed by atoms with Gasteiger partial charge in [-0.15, -0.1) is 0 Å². The zero-order valence-electron chi connectivity index (χ0n) is 23.7. The Balaban J connectivity index is 0.000000259. The van der Waals surface area contributed by atoms with Gasteiger partial charge in [0.2, 0.25) is 5.91 Å². The molecule has 40 heavy (non-hydrogen) atoms. The Morgan fingerprint density at radius 3 is 2.17 bits per heavy atom. The molecule has 0 saturated carbocycles. The highest BCUT2D eigenvalue weighted by Crippen LogP contribution is 2.39. The molecule has 1 unspecified atom stereocenters. The number of carbonyl (C=O) groups is 1. The molecule has 0 saturated heterocycles. The number of benzene rings is 2. The molecule has 5 rings (SSSR count). The third-order valence-electron chi connectivity index (χ3n) is 7.26. The van der Waals surface area contributed by atoms with Crippen LogP contribution in [0.4, 0.5) is 8.78 Å². The van der Waals surface area contributed by atoms with E-state index in [-0.39, 0.29) is 18.0 Å². The first kappa shape index (κ1) is 29.2. The van der Waals surface area contributed by atoms with Crippen molar-refractivity contribution in [3.05, 3.63) is 119 Å². The van der Waals surface area contributed by atoms with Crippen molar-refractivity contribution in [2.75, 3.05) is 13.1 Å². The van der Waals surface area contributed by atoms with E-state index in [1.165, 1.54) is 16.7 Å². The quantitative estimate of drug-likeness (QED) is 0.413. The van der Waals surface area contributed by atoms with Crippen LogP contribution in [0, 0.1) is 0 Å². The third kappa shape index (κ3) is 7.21. The molecule has 0 fully saturated rings. The molecule has 1 atom stereocenters. The minimum absolute atomic E-state index is 0.0125. The fraction of sp³-hybridized carbons (Fsp3) is 0.333. The van der Waals surface area contributed by atoms with Crippen LogP contribution in [0.25, 0.3) is 0 Å². The van der Waals surface area contributed by atoms with Gasteiger partial charge in [-0.1, -0.05) is 91.0 Å². The molecule has 5 nitrogen and oxygen atoms in total. The summed E-state index contributed by atoms with van der Waals surface area (Å²) in [6.07, 6.45) is 7.01. The molecule has 2 heterocycles. The summed E-state index contributed by atoms with van der Waals surface area (Å²) < 4.78 is 24.9. The fourth-order valence-electron chi connectivity index (χ4n) is 5.28. The minimum atomic E-state index is -2.78. The maximum absolute atomic E-state index is 12.4. The fourth-order valence-corrected chi connectivity index (χ4v) is 5.28. The average molecular weight is 545 g/mol. The van der Waals surface area contributed by atoms with E-state index in [0.29, 0.717) is 13.0 Å². The molecule has 3 aliphatic rings. The summed E-state index contributed by atoms with van der Waals surface area (Å²) >= 11 is 0. The van der Waals surface area contributed by atoms with E-state index in [1.807, 2.05) is 43.0 Å². The summed E-state index contributed by atoms with van der Waals surface area (Å²) in [4.78, 5) is 20.8. The Morgan fingerprint density at radius 2 is 1.68 bits per heavy atom. The molecule has 1 N–H and O–H groups in total. The second-order valence-electron chi connectivity index (χ2n) is 10.5. The summed E-state index contributed by atoms with van der Waals surface area (Å²) in [5.74, 6) is 1.01. The number of allylic oxidation sites excluding steroid dienone is 3. The molecule has 0 spiro atoms. The lowest BCUT2D eigenvalue weighted by atomic mass is 9.92. The van der Waals surface area contributed by atoms with Gasteiger partial charge in [0.1, 0.15) is 5.84 Å². The van der Waals surface area contributed by atoms with Crippen molar-refractivity contribution in [3.63, 3.8) is 0 Å². The molecule has 2 aromatic rings. The monoisotopic (exact) mass is 544 g/mol. The van der Waals surface area contributed by atoms with Gasteiger partial charge in [0.15, 0.2) is 0 Å². The number of carbonyl (C=O) groups excluding carboxylic acids is 1. The highest BCUT2D eigenvalue weighted by atomic mass is 19.3. The summed E-state index contributed by atoms with van der Waals surface area (Å²) in [5.41, 5.74) is 6.67. The van der Waals surface area contributed by atoms with Crippen molar-refractivity contribution in [1.29, 1.82) is 0 Å². The van der Waals surface area contributed by atoms with Gasteiger partial charge < -0.3 is 9.80 Å². The number of halogens is 2. The molecule has 210 valence electrons. The van der Waals surface area contributed by atoms with Crippen LogP contribution in [-0.4, -0.2) is 46.7 Å². The zero-order chi connectivity index (χ0) is 28.9. The second-order valence-corrected chi connectivity index (χ2v) is 10.5. The van der Waals surface area contributed by atoms with Gasteiger partial charge in [-0.25, -0.2) is 4.99 Å². The van der Waals surface area contributed by atoms with Gasteiger partial charge in [-0.05, 0) is 37.8 Å². The number of hydrogen-bond acceptors (Lipinski definition) is 4. The Kier molecular flexibility index (Phi) is 9.15. The summed E-state index contributed by atoms with van der Waals surface area (Å²) in [6.45, 7) is 12.2. The van der Waals surface area contributed by atoms with Gasteiger partial charge in [0, 0.05) is 37.7 Å². The predicted octanol–water partition coefficient (Wildman–Crippen LogP) is 6.99. The topological polar surface area (TPSA) is 47.9 Å². The Bertz CT molecular complexity index is 1300. The van der Waals surface area contributed by atoms with Crippen LogP contribution in [0.15, 0.2) is 113 Å². The number of rotatable bonds is 5. The van der Waals surface area contributed by atoms with Crippen LogP contribution in [0.5, 0.6) is 0 Å². The lowest BCUT2D eigenvalue weighted by Gasteiger charge is -2.41. The van der Waals surface area contributed by atoms with Crippen molar-refractivity contribution in [2.24, 2.45) is 4.99 Å². The molecule has 2 aromatic carbocycles. The van der Waals surface area contributed by atoms with Crippen molar-refractivity contribution in [2.45, 2.75) is 58.7 Å². The first-order chi connectivity index (χ1) is 19.0. The Hall–Kier alpha value is -3.84. The molecule has 7 heteroatoms. The van der Waals surface area contributed by atoms with Crippen LogP contribution in [0.1, 0.15) is 57.7 Å². The van der Waals surface area contributed by atoms with E-state index < -0.39 is 6.05 Å². The molecule has 0 radical (unpaired) electrons. The van der Waals surface area contributed by atoms with Crippen LogP contribution < -0.4 is 5.32 Å². The summed E-state index contributed by atoms with van der Waals surface area (Å²) in [6, 6.07) is 18.0.